The van der Waals surface area contributed by atoms with Crippen LogP contribution in [-0.2, 0) is 16.2 Å². The number of carbonyl (C=O) groups is 1. The lowest BCUT2D eigenvalue weighted by molar-refractivity contribution is -0.137. The fourth-order valence-electron chi connectivity index (χ4n) is 3.27. The molecule has 1 amide bonds. The van der Waals surface area contributed by atoms with Crippen LogP contribution in [0.5, 0.6) is 0 Å². The number of hydrogen-bond acceptors (Lipinski definition) is 4. The van der Waals surface area contributed by atoms with Gasteiger partial charge in [0.2, 0.25) is 10.0 Å². The standard InChI is InChI=1S/C20H21F4N3O3S/c21-18-7-2-1-6-17(18)19(28)25-8-13-31(29,30)27-11-9-26(10-12-27)16-5-3-4-15(14-16)20(22,23)24/h1-7,14H,8-13H2,(H,25,28). The zero-order valence-corrected chi connectivity index (χ0v) is 17.2. The minimum Gasteiger partial charge on any atom is -0.369 e. The van der Waals surface area contributed by atoms with Gasteiger partial charge < -0.3 is 10.2 Å². The summed E-state index contributed by atoms with van der Waals surface area (Å²) in [6.07, 6.45) is -4.45. The molecule has 0 atom stereocenters. The average molecular weight is 459 g/mol. The van der Waals surface area contributed by atoms with Gasteiger partial charge in [0.25, 0.3) is 5.91 Å². The highest BCUT2D eigenvalue weighted by Gasteiger charge is 2.32. The Hall–Kier alpha value is -2.66. The molecule has 0 bridgehead atoms. The van der Waals surface area contributed by atoms with Crippen LogP contribution in [0.15, 0.2) is 48.5 Å². The van der Waals surface area contributed by atoms with E-state index in [-0.39, 0.29) is 44.0 Å². The van der Waals surface area contributed by atoms with Crippen molar-refractivity contribution in [1.82, 2.24) is 9.62 Å². The molecule has 2 aromatic rings. The van der Waals surface area contributed by atoms with Gasteiger partial charge in [0, 0.05) is 38.4 Å². The molecule has 0 spiro atoms. The van der Waals surface area contributed by atoms with E-state index in [0.717, 1.165) is 18.2 Å². The van der Waals surface area contributed by atoms with Gasteiger partial charge in [-0.2, -0.15) is 17.5 Å². The first kappa shape index (κ1) is 23.0. The predicted octanol–water partition coefficient (Wildman–Crippen LogP) is 2.73. The average Bonchev–Trinajstić information content (AvgIpc) is 2.73. The molecule has 1 N–H and O–H groups in total. The van der Waals surface area contributed by atoms with E-state index in [2.05, 4.69) is 5.32 Å². The van der Waals surface area contributed by atoms with Crippen LogP contribution in [0.2, 0.25) is 0 Å². The highest BCUT2D eigenvalue weighted by molar-refractivity contribution is 7.89. The maximum atomic E-state index is 13.6. The van der Waals surface area contributed by atoms with Crippen molar-refractivity contribution in [3.05, 3.63) is 65.5 Å². The molecule has 0 aliphatic carbocycles. The van der Waals surface area contributed by atoms with Gasteiger partial charge in [0.1, 0.15) is 5.82 Å². The van der Waals surface area contributed by atoms with Crippen molar-refractivity contribution < 1.29 is 30.8 Å². The van der Waals surface area contributed by atoms with Crippen molar-refractivity contribution >= 4 is 21.6 Å². The van der Waals surface area contributed by atoms with Gasteiger partial charge >= 0.3 is 6.18 Å². The minimum absolute atomic E-state index is 0.111. The topological polar surface area (TPSA) is 69.7 Å². The lowest BCUT2D eigenvalue weighted by Gasteiger charge is -2.35. The van der Waals surface area contributed by atoms with E-state index >= 15 is 0 Å². The van der Waals surface area contributed by atoms with Crippen molar-refractivity contribution in [2.24, 2.45) is 0 Å². The highest BCUT2D eigenvalue weighted by Crippen LogP contribution is 2.32. The number of sulfonamides is 1. The number of anilines is 1. The van der Waals surface area contributed by atoms with Crippen molar-refractivity contribution in [1.29, 1.82) is 0 Å². The summed E-state index contributed by atoms with van der Waals surface area (Å²) in [6.45, 7) is 0.507. The lowest BCUT2D eigenvalue weighted by Crippen LogP contribution is -2.50. The Balaban J connectivity index is 1.53. The highest BCUT2D eigenvalue weighted by atomic mass is 32.2. The second-order valence-corrected chi connectivity index (χ2v) is 9.07. The van der Waals surface area contributed by atoms with E-state index < -0.39 is 33.5 Å². The van der Waals surface area contributed by atoms with Crippen LogP contribution in [0.1, 0.15) is 15.9 Å². The molecule has 1 aliphatic heterocycles. The predicted molar refractivity (Wildman–Crippen MR) is 108 cm³/mol. The number of amides is 1. The number of carbonyl (C=O) groups excluding carboxylic acids is 1. The van der Waals surface area contributed by atoms with Gasteiger partial charge in [0.05, 0.1) is 16.9 Å². The van der Waals surface area contributed by atoms with Crippen LogP contribution >= 0.6 is 0 Å². The molecule has 1 saturated heterocycles. The van der Waals surface area contributed by atoms with Crippen LogP contribution in [-0.4, -0.2) is 57.1 Å². The molecule has 1 fully saturated rings. The molecular weight excluding hydrogens is 438 g/mol. The van der Waals surface area contributed by atoms with Crippen LogP contribution in [0.3, 0.4) is 0 Å². The molecule has 0 aromatic heterocycles. The Bertz CT molecular complexity index is 1040. The summed E-state index contributed by atoms with van der Waals surface area (Å²) in [7, 11) is -3.69. The summed E-state index contributed by atoms with van der Waals surface area (Å²) in [4.78, 5) is 13.7. The van der Waals surface area contributed by atoms with Crippen LogP contribution < -0.4 is 10.2 Å². The van der Waals surface area contributed by atoms with E-state index in [0.29, 0.717) is 5.69 Å². The van der Waals surface area contributed by atoms with Crippen LogP contribution in [0.25, 0.3) is 0 Å². The molecule has 1 heterocycles. The first-order valence-corrected chi connectivity index (χ1v) is 11.1. The van der Waals surface area contributed by atoms with Gasteiger partial charge in [-0.05, 0) is 30.3 Å². The maximum Gasteiger partial charge on any atom is 0.416 e. The fourth-order valence-corrected chi connectivity index (χ4v) is 4.60. The Kier molecular flexibility index (Phi) is 6.85. The number of rotatable bonds is 6. The van der Waals surface area contributed by atoms with E-state index in [1.807, 2.05) is 0 Å². The van der Waals surface area contributed by atoms with E-state index in [9.17, 15) is 30.8 Å². The lowest BCUT2D eigenvalue weighted by atomic mass is 10.1. The first-order chi connectivity index (χ1) is 14.6. The van der Waals surface area contributed by atoms with Crippen molar-refractivity contribution in [3.63, 3.8) is 0 Å². The molecule has 2 aromatic carbocycles. The summed E-state index contributed by atoms with van der Waals surface area (Å²) >= 11 is 0. The summed E-state index contributed by atoms with van der Waals surface area (Å²) < 4.78 is 78.6. The molecule has 1 aliphatic rings. The summed E-state index contributed by atoms with van der Waals surface area (Å²) in [5.41, 5.74) is -0.552. The van der Waals surface area contributed by atoms with E-state index in [1.54, 1.807) is 11.0 Å². The number of alkyl halides is 3. The molecular formula is C20H21F4N3O3S. The van der Waals surface area contributed by atoms with Gasteiger partial charge in [-0.3, -0.25) is 4.79 Å². The summed E-state index contributed by atoms with van der Waals surface area (Å²) in [6, 6.07) is 10.3. The number of benzene rings is 2. The molecule has 0 radical (unpaired) electrons. The Labute approximate surface area is 177 Å². The third-order valence-electron chi connectivity index (χ3n) is 4.93. The van der Waals surface area contributed by atoms with Gasteiger partial charge in [0.15, 0.2) is 0 Å². The molecule has 0 saturated carbocycles. The van der Waals surface area contributed by atoms with Crippen molar-refractivity contribution in [2.75, 3.05) is 43.4 Å². The number of piperazine rings is 1. The minimum atomic E-state index is -4.45. The van der Waals surface area contributed by atoms with E-state index in [4.69, 9.17) is 0 Å². The normalized spacial score (nSPS) is 15.7. The Morgan fingerprint density at radius 1 is 1.00 bits per heavy atom. The first-order valence-electron chi connectivity index (χ1n) is 9.51. The molecule has 11 heteroatoms. The number of halogens is 4. The largest absolute Gasteiger partial charge is 0.416 e. The Morgan fingerprint density at radius 3 is 2.32 bits per heavy atom. The van der Waals surface area contributed by atoms with Crippen molar-refractivity contribution in [2.45, 2.75) is 6.18 Å². The number of nitrogens with one attached hydrogen (secondary N) is 1. The monoisotopic (exact) mass is 459 g/mol. The van der Waals surface area contributed by atoms with Crippen LogP contribution in [0.4, 0.5) is 23.2 Å². The third-order valence-corrected chi connectivity index (χ3v) is 6.81. The van der Waals surface area contributed by atoms with E-state index in [1.165, 1.54) is 28.6 Å². The zero-order chi connectivity index (χ0) is 22.6. The molecule has 31 heavy (non-hydrogen) atoms. The summed E-state index contributed by atoms with van der Waals surface area (Å²) in [5, 5.41) is 2.39. The summed E-state index contributed by atoms with van der Waals surface area (Å²) in [5.74, 6) is -1.77. The molecule has 168 valence electrons. The van der Waals surface area contributed by atoms with Gasteiger partial charge in [-0.1, -0.05) is 18.2 Å². The third kappa shape index (κ3) is 5.73. The molecule has 0 unspecified atom stereocenters. The van der Waals surface area contributed by atoms with Gasteiger partial charge in [-0.25, -0.2) is 12.8 Å². The van der Waals surface area contributed by atoms with Crippen molar-refractivity contribution in [3.8, 4) is 0 Å². The maximum absolute atomic E-state index is 13.6. The van der Waals surface area contributed by atoms with Gasteiger partial charge in [-0.15, -0.1) is 0 Å². The second kappa shape index (κ2) is 9.23. The quantitative estimate of drug-likeness (QED) is 0.675. The van der Waals surface area contributed by atoms with Crippen LogP contribution in [0, 0.1) is 5.82 Å². The Morgan fingerprint density at radius 2 is 1.68 bits per heavy atom. The second-order valence-electron chi connectivity index (χ2n) is 6.99. The molecule has 3 rings (SSSR count). The smallest absolute Gasteiger partial charge is 0.369 e. The zero-order valence-electron chi connectivity index (χ0n) is 16.4. The molecule has 6 nitrogen and oxygen atoms in total. The fraction of sp³-hybridized carbons (Fsp3) is 0.350. The number of hydrogen-bond donors (Lipinski definition) is 1. The number of nitrogens with zero attached hydrogens (tertiary/aromatic N) is 2. The SMILES string of the molecule is O=C(NCCS(=O)(=O)N1CCN(c2cccc(C(F)(F)F)c2)CC1)c1ccccc1F.